The average Bonchev–Trinajstić information content (AvgIpc) is 3.20. The molecular formula is C14H17N3O2. The molecule has 0 aromatic heterocycles. The molecule has 0 heterocycles. The fourth-order valence-electron chi connectivity index (χ4n) is 1.70. The molecule has 1 aliphatic rings. The van der Waals surface area contributed by atoms with Crippen LogP contribution >= 0.6 is 0 Å². The molecule has 2 rings (SSSR count). The summed E-state index contributed by atoms with van der Waals surface area (Å²) >= 11 is 0. The first kappa shape index (κ1) is 13.3. The fraction of sp³-hybridized carbons (Fsp3) is 0.357. The highest BCUT2D eigenvalue weighted by Gasteiger charge is 2.24. The highest BCUT2D eigenvalue weighted by atomic mass is 16.2. The summed E-state index contributed by atoms with van der Waals surface area (Å²) < 4.78 is 0. The van der Waals surface area contributed by atoms with Crippen molar-refractivity contribution in [2.45, 2.75) is 26.7 Å². The van der Waals surface area contributed by atoms with Crippen molar-refractivity contribution < 1.29 is 9.59 Å². The van der Waals surface area contributed by atoms with Crippen LogP contribution in [0.15, 0.2) is 29.4 Å². The topological polar surface area (TPSA) is 70.6 Å². The van der Waals surface area contributed by atoms with Gasteiger partial charge in [0.2, 0.25) is 5.91 Å². The van der Waals surface area contributed by atoms with Gasteiger partial charge in [0.1, 0.15) is 0 Å². The summed E-state index contributed by atoms with van der Waals surface area (Å²) in [6, 6.07) is 6.69. The second-order valence-corrected chi connectivity index (χ2v) is 4.73. The van der Waals surface area contributed by atoms with E-state index in [2.05, 4.69) is 15.8 Å². The molecule has 2 N–H and O–H groups in total. The van der Waals surface area contributed by atoms with Gasteiger partial charge in [-0.15, -0.1) is 0 Å². The van der Waals surface area contributed by atoms with Gasteiger partial charge in [-0.05, 0) is 49.9 Å². The van der Waals surface area contributed by atoms with Crippen molar-refractivity contribution in [3.63, 3.8) is 0 Å². The van der Waals surface area contributed by atoms with Crippen LogP contribution in [0.2, 0.25) is 0 Å². The number of carbonyl (C=O) groups excluding carboxylic acids is 2. The Morgan fingerprint density at radius 2 is 1.79 bits per heavy atom. The molecular weight excluding hydrogens is 242 g/mol. The lowest BCUT2D eigenvalue weighted by molar-refractivity contribution is -0.114. The van der Waals surface area contributed by atoms with Crippen LogP contribution in [0.5, 0.6) is 0 Å². The number of carbonyl (C=O) groups is 2. The Bertz CT molecular complexity index is 516. The van der Waals surface area contributed by atoms with Gasteiger partial charge in [-0.3, -0.25) is 9.59 Å². The quantitative estimate of drug-likeness (QED) is 0.642. The van der Waals surface area contributed by atoms with Crippen molar-refractivity contribution in [2.24, 2.45) is 11.0 Å². The van der Waals surface area contributed by atoms with Gasteiger partial charge in [0, 0.05) is 23.9 Å². The van der Waals surface area contributed by atoms with Crippen molar-refractivity contribution in [2.75, 3.05) is 5.32 Å². The zero-order chi connectivity index (χ0) is 13.8. The molecule has 19 heavy (non-hydrogen) atoms. The maximum atomic E-state index is 11.8. The van der Waals surface area contributed by atoms with E-state index in [1.165, 1.54) is 6.92 Å². The van der Waals surface area contributed by atoms with Crippen LogP contribution in [0.25, 0.3) is 0 Å². The van der Waals surface area contributed by atoms with Crippen LogP contribution in [0.1, 0.15) is 37.0 Å². The van der Waals surface area contributed by atoms with Crippen molar-refractivity contribution in [1.82, 2.24) is 5.43 Å². The van der Waals surface area contributed by atoms with E-state index in [0.29, 0.717) is 17.2 Å². The highest BCUT2D eigenvalue weighted by Crippen LogP contribution is 2.30. The monoisotopic (exact) mass is 259 g/mol. The molecule has 0 unspecified atom stereocenters. The van der Waals surface area contributed by atoms with Crippen LogP contribution in [0.3, 0.4) is 0 Å². The summed E-state index contributed by atoms with van der Waals surface area (Å²) in [7, 11) is 0. The molecule has 0 saturated heterocycles. The first-order valence-electron chi connectivity index (χ1n) is 6.28. The summed E-state index contributed by atoms with van der Waals surface area (Å²) in [5, 5.41) is 6.73. The first-order valence-corrected chi connectivity index (χ1v) is 6.28. The zero-order valence-electron chi connectivity index (χ0n) is 11.1. The van der Waals surface area contributed by atoms with Gasteiger partial charge in [-0.1, -0.05) is 0 Å². The lowest BCUT2D eigenvalue weighted by atomic mass is 10.2. The van der Waals surface area contributed by atoms with Gasteiger partial charge < -0.3 is 5.32 Å². The summed E-state index contributed by atoms with van der Waals surface area (Å²) in [6.45, 7) is 3.37. The van der Waals surface area contributed by atoms with Crippen molar-refractivity contribution in [1.29, 1.82) is 0 Å². The molecule has 1 fully saturated rings. The van der Waals surface area contributed by atoms with Crippen LogP contribution in [-0.4, -0.2) is 17.5 Å². The largest absolute Gasteiger partial charge is 0.326 e. The minimum Gasteiger partial charge on any atom is -0.326 e. The second-order valence-electron chi connectivity index (χ2n) is 4.73. The van der Waals surface area contributed by atoms with E-state index >= 15 is 0 Å². The molecule has 1 aliphatic carbocycles. The molecule has 0 bridgehead atoms. The molecule has 1 saturated carbocycles. The molecule has 100 valence electrons. The minimum absolute atomic E-state index is 0.137. The minimum atomic E-state index is -0.241. The molecule has 0 spiro atoms. The number of hydrogen-bond donors (Lipinski definition) is 2. The van der Waals surface area contributed by atoms with Gasteiger partial charge in [0.25, 0.3) is 5.91 Å². The Hall–Kier alpha value is -2.17. The molecule has 5 nitrogen and oxygen atoms in total. The van der Waals surface area contributed by atoms with Crippen LogP contribution in [0, 0.1) is 5.92 Å². The molecule has 1 aromatic carbocycles. The molecule has 0 aliphatic heterocycles. The van der Waals surface area contributed by atoms with Gasteiger partial charge in [0.05, 0.1) is 0 Å². The van der Waals surface area contributed by atoms with Crippen LogP contribution < -0.4 is 10.7 Å². The van der Waals surface area contributed by atoms with Crippen LogP contribution in [-0.2, 0) is 4.79 Å². The second kappa shape index (κ2) is 5.65. The average molecular weight is 259 g/mol. The standard InChI is InChI=1S/C14H17N3O2/c1-9(11-3-4-11)16-17-14(19)12-5-7-13(8-6-12)15-10(2)18/h5-8,11H,3-4H2,1-2H3,(H,15,18)(H,17,19). The van der Waals surface area contributed by atoms with E-state index in [1.807, 2.05) is 6.92 Å². The normalized spacial score (nSPS) is 14.9. The summed E-state index contributed by atoms with van der Waals surface area (Å²) in [6.07, 6.45) is 2.33. The van der Waals surface area contributed by atoms with Crippen molar-refractivity contribution in [3.05, 3.63) is 29.8 Å². The molecule has 1 aromatic rings. The Kier molecular flexibility index (Phi) is 3.94. The predicted molar refractivity (Wildman–Crippen MR) is 74.0 cm³/mol. The van der Waals surface area contributed by atoms with Gasteiger partial charge in [-0.25, -0.2) is 5.43 Å². The Morgan fingerprint density at radius 1 is 1.16 bits per heavy atom. The predicted octanol–water partition coefficient (Wildman–Crippen LogP) is 2.16. The fourth-order valence-corrected chi connectivity index (χ4v) is 1.70. The number of nitrogens with one attached hydrogen (secondary N) is 2. The van der Waals surface area contributed by atoms with Crippen molar-refractivity contribution >= 4 is 23.2 Å². The summed E-state index contributed by atoms with van der Waals surface area (Å²) in [5.74, 6) is 0.165. The first-order chi connectivity index (χ1) is 9.06. The number of benzene rings is 1. The third-order valence-corrected chi connectivity index (χ3v) is 2.97. The number of hydrazone groups is 1. The van der Waals surface area contributed by atoms with Crippen molar-refractivity contribution in [3.8, 4) is 0 Å². The van der Waals surface area contributed by atoms with Crippen LogP contribution in [0.4, 0.5) is 5.69 Å². The lowest BCUT2D eigenvalue weighted by Gasteiger charge is -2.04. The molecule has 0 radical (unpaired) electrons. The van der Waals surface area contributed by atoms with E-state index in [4.69, 9.17) is 0 Å². The maximum Gasteiger partial charge on any atom is 0.271 e. The third-order valence-electron chi connectivity index (χ3n) is 2.97. The maximum absolute atomic E-state index is 11.8. The zero-order valence-corrected chi connectivity index (χ0v) is 11.1. The summed E-state index contributed by atoms with van der Waals surface area (Å²) in [4.78, 5) is 22.7. The van der Waals surface area contributed by atoms with Gasteiger partial charge in [0.15, 0.2) is 0 Å². The Balaban J connectivity index is 1.95. The van der Waals surface area contributed by atoms with E-state index in [0.717, 1.165) is 18.6 Å². The smallest absolute Gasteiger partial charge is 0.271 e. The summed E-state index contributed by atoms with van der Waals surface area (Å²) in [5.41, 5.74) is 4.70. The SMILES string of the molecule is CC(=O)Nc1ccc(C(=O)NN=C(C)C2CC2)cc1. The van der Waals surface area contributed by atoms with E-state index in [-0.39, 0.29) is 11.8 Å². The highest BCUT2D eigenvalue weighted by molar-refractivity contribution is 5.96. The van der Waals surface area contributed by atoms with Gasteiger partial charge >= 0.3 is 0 Å². The number of anilines is 1. The van der Waals surface area contributed by atoms with E-state index in [9.17, 15) is 9.59 Å². The lowest BCUT2D eigenvalue weighted by Crippen LogP contribution is -2.19. The molecule has 0 atom stereocenters. The third kappa shape index (κ3) is 3.91. The Labute approximate surface area is 112 Å². The van der Waals surface area contributed by atoms with Gasteiger partial charge in [-0.2, -0.15) is 5.10 Å². The number of amides is 2. The van der Waals surface area contributed by atoms with E-state index in [1.54, 1.807) is 24.3 Å². The van der Waals surface area contributed by atoms with E-state index < -0.39 is 0 Å². The number of nitrogens with zero attached hydrogens (tertiary/aromatic N) is 1. The number of hydrogen-bond acceptors (Lipinski definition) is 3. The Morgan fingerprint density at radius 3 is 2.32 bits per heavy atom. The molecule has 5 heteroatoms. The molecule has 2 amide bonds. The number of rotatable bonds is 4.